The number of fused-ring (bicyclic) bond motifs is 3. The van der Waals surface area contributed by atoms with Crippen molar-refractivity contribution in [2.75, 3.05) is 12.8 Å². The Hall–Kier alpha value is -3.02. The Bertz CT molecular complexity index is 942. The minimum absolute atomic E-state index is 0.144. The number of nitrogen functional groups attached to an aromatic ring is 1. The molecule has 2 aromatic heterocycles. The van der Waals surface area contributed by atoms with Crippen molar-refractivity contribution in [2.45, 2.75) is 12.8 Å². The number of hydrogen-bond donors (Lipinski definition) is 1. The zero-order chi connectivity index (χ0) is 16.7. The van der Waals surface area contributed by atoms with Crippen LogP contribution in [-0.2, 0) is 12.8 Å². The Morgan fingerprint density at radius 3 is 2.71 bits per heavy atom. The summed E-state index contributed by atoms with van der Waals surface area (Å²) < 4.78 is 18.9. The molecule has 0 bridgehead atoms. The summed E-state index contributed by atoms with van der Waals surface area (Å²) >= 11 is 0. The number of ether oxygens (including phenoxy) is 1. The van der Waals surface area contributed by atoms with Gasteiger partial charge in [-0.05, 0) is 36.6 Å². The Labute approximate surface area is 138 Å². The first kappa shape index (κ1) is 14.6. The van der Waals surface area contributed by atoms with E-state index in [0.717, 1.165) is 29.5 Å². The molecule has 0 radical (unpaired) electrons. The molecule has 1 aromatic carbocycles. The monoisotopic (exact) mass is 322 g/mol. The third kappa shape index (κ3) is 2.36. The molecule has 1 aliphatic rings. The molecular weight excluding hydrogens is 307 g/mol. The smallest absolute Gasteiger partial charge is 0.221 e. The lowest BCUT2D eigenvalue weighted by Gasteiger charge is -2.21. The second-order valence-corrected chi connectivity index (χ2v) is 5.62. The van der Waals surface area contributed by atoms with Crippen molar-refractivity contribution in [3.8, 4) is 28.5 Å². The number of anilines is 1. The van der Waals surface area contributed by atoms with E-state index in [-0.39, 0.29) is 11.8 Å². The number of halogens is 1. The fourth-order valence-corrected chi connectivity index (χ4v) is 3.08. The number of aryl methyl sites for hydroxylation is 1. The summed E-state index contributed by atoms with van der Waals surface area (Å²) in [6.07, 6.45) is 1.55. The highest BCUT2D eigenvalue weighted by Crippen LogP contribution is 2.37. The first-order valence-corrected chi connectivity index (χ1v) is 7.62. The summed E-state index contributed by atoms with van der Waals surface area (Å²) in [6, 6.07) is 10.2. The molecule has 0 saturated carbocycles. The molecule has 4 rings (SSSR count). The predicted molar refractivity (Wildman–Crippen MR) is 89.0 cm³/mol. The number of rotatable bonds is 2. The van der Waals surface area contributed by atoms with Gasteiger partial charge in [-0.25, -0.2) is 19.3 Å². The van der Waals surface area contributed by atoms with Gasteiger partial charge in [0, 0.05) is 17.2 Å². The Kier molecular flexibility index (Phi) is 3.37. The lowest BCUT2D eigenvalue weighted by molar-refractivity contribution is 0.398. The van der Waals surface area contributed by atoms with E-state index in [4.69, 9.17) is 10.5 Å². The van der Waals surface area contributed by atoms with Gasteiger partial charge in [-0.2, -0.15) is 0 Å². The van der Waals surface area contributed by atoms with Crippen LogP contribution in [0.3, 0.4) is 0 Å². The summed E-state index contributed by atoms with van der Waals surface area (Å²) in [7, 11) is 1.56. The number of hydrogen-bond acceptors (Lipinski definition) is 5. The van der Waals surface area contributed by atoms with Crippen LogP contribution in [0.2, 0.25) is 0 Å². The fraction of sp³-hybridized carbons (Fsp3) is 0.167. The number of benzene rings is 1. The van der Waals surface area contributed by atoms with Crippen molar-refractivity contribution in [3.05, 3.63) is 53.3 Å². The molecule has 0 atom stereocenters. The molecule has 0 saturated heterocycles. The average Bonchev–Trinajstić information content (AvgIpc) is 2.61. The first-order valence-electron chi connectivity index (χ1n) is 7.62. The van der Waals surface area contributed by atoms with Crippen molar-refractivity contribution >= 4 is 5.95 Å². The van der Waals surface area contributed by atoms with E-state index < -0.39 is 0 Å². The molecule has 2 N–H and O–H groups in total. The van der Waals surface area contributed by atoms with Gasteiger partial charge >= 0.3 is 0 Å². The largest absolute Gasteiger partial charge is 0.481 e. The summed E-state index contributed by atoms with van der Waals surface area (Å²) in [4.78, 5) is 13.2. The number of pyridine rings is 1. The van der Waals surface area contributed by atoms with Crippen LogP contribution in [0.4, 0.5) is 10.3 Å². The maximum Gasteiger partial charge on any atom is 0.221 e. The predicted octanol–water partition coefficient (Wildman–Crippen LogP) is 3.03. The van der Waals surface area contributed by atoms with E-state index >= 15 is 0 Å². The van der Waals surface area contributed by atoms with Crippen LogP contribution in [0.1, 0.15) is 11.1 Å². The van der Waals surface area contributed by atoms with Crippen LogP contribution in [-0.4, -0.2) is 22.1 Å². The van der Waals surface area contributed by atoms with Gasteiger partial charge in [-0.3, -0.25) is 0 Å². The first-order chi connectivity index (χ1) is 11.7. The Morgan fingerprint density at radius 2 is 1.88 bits per heavy atom. The molecule has 5 nitrogen and oxygen atoms in total. The highest BCUT2D eigenvalue weighted by atomic mass is 19.1. The zero-order valence-electron chi connectivity index (χ0n) is 13.1. The molecular formula is C18H15FN4O. The zero-order valence-corrected chi connectivity index (χ0v) is 13.1. The van der Waals surface area contributed by atoms with Crippen LogP contribution in [0.5, 0.6) is 5.88 Å². The summed E-state index contributed by atoms with van der Waals surface area (Å²) in [6.45, 7) is 0. The van der Waals surface area contributed by atoms with Gasteiger partial charge in [0.05, 0.1) is 24.2 Å². The van der Waals surface area contributed by atoms with E-state index in [2.05, 4.69) is 15.0 Å². The summed E-state index contributed by atoms with van der Waals surface area (Å²) in [5.74, 6) is 0.353. The number of aromatic nitrogens is 3. The summed E-state index contributed by atoms with van der Waals surface area (Å²) in [5, 5.41) is 0. The SMILES string of the molecule is COc1cccc(-c2nc(N)nc3c2CCc2ccc(F)cc2-3)n1. The average molecular weight is 322 g/mol. The second kappa shape index (κ2) is 5.56. The summed E-state index contributed by atoms with van der Waals surface area (Å²) in [5.41, 5.74) is 10.7. The molecule has 0 fully saturated rings. The quantitative estimate of drug-likeness (QED) is 0.785. The minimum atomic E-state index is -0.292. The van der Waals surface area contributed by atoms with Crippen molar-refractivity contribution in [1.82, 2.24) is 15.0 Å². The molecule has 0 aliphatic heterocycles. The van der Waals surface area contributed by atoms with E-state index in [9.17, 15) is 4.39 Å². The Balaban J connectivity index is 1.96. The van der Waals surface area contributed by atoms with Gasteiger partial charge in [0.15, 0.2) is 0 Å². The lowest BCUT2D eigenvalue weighted by Crippen LogP contribution is -2.12. The normalized spacial score (nSPS) is 12.4. The molecule has 0 spiro atoms. The van der Waals surface area contributed by atoms with Crippen LogP contribution in [0.25, 0.3) is 22.6 Å². The molecule has 2 heterocycles. The van der Waals surface area contributed by atoms with Crippen LogP contribution in [0, 0.1) is 5.82 Å². The van der Waals surface area contributed by atoms with Crippen LogP contribution >= 0.6 is 0 Å². The maximum absolute atomic E-state index is 13.7. The van der Waals surface area contributed by atoms with E-state index in [1.807, 2.05) is 12.1 Å². The van der Waals surface area contributed by atoms with Gasteiger partial charge in [0.25, 0.3) is 0 Å². The highest BCUT2D eigenvalue weighted by Gasteiger charge is 2.23. The molecule has 0 unspecified atom stereocenters. The highest BCUT2D eigenvalue weighted by molar-refractivity contribution is 5.77. The molecule has 6 heteroatoms. The van der Waals surface area contributed by atoms with Crippen molar-refractivity contribution in [2.24, 2.45) is 0 Å². The fourth-order valence-electron chi connectivity index (χ4n) is 3.08. The molecule has 120 valence electrons. The minimum Gasteiger partial charge on any atom is -0.481 e. The van der Waals surface area contributed by atoms with Crippen molar-refractivity contribution < 1.29 is 9.13 Å². The molecule has 24 heavy (non-hydrogen) atoms. The third-order valence-corrected chi connectivity index (χ3v) is 4.17. The van der Waals surface area contributed by atoms with E-state index in [1.165, 1.54) is 12.1 Å². The topological polar surface area (TPSA) is 73.9 Å². The molecule has 0 amide bonds. The van der Waals surface area contributed by atoms with Gasteiger partial charge in [0.1, 0.15) is 5.82 Å². The maximum atomic E-state index is 13.7. The van der Waals surface area contributed by atoms with E-state index in [0.29, 0.717) is 23.0 Å². The number of nitrogens with zero attached hydrogens (tertiary/aromatic N) is 3. The van der Waals surface area contributed by atoms with Crippen molar-refractivity contribution in [3.63, 3.8) is 0 Å². The molecule has 3 aromatic rings. The van der Waals surface area contributed by atoms with E-state index in [1.54, 1.807) is 19.2 Å². The standard InChI is InChI=1S/C18H15FN4O/c1-24-15-4-2-3-14(21-15)17-12-8-6-10-5-7-11(19)9-13(10)16(12)22-18(20)23-17/h2-5,7,9H,6,8H2,1H3,(H2,20,22,23). The number of methoxy groups -OCH3 is 1. The third-order valence-electron chi connectivity index (χ3n) is 4.17. The van der Waals surface area contributed by atoms with Crippen LogP contribution in [0.15, 0.2) is 36.4 Å². The van der Waals surface area contributed by atoms with Gasteiger partial charge in [-0.15, -0.1) is 0 Å². The van der Waals surface area contributed by atoms with Gasteiger partial charge in [0.2, 0.25) is 11.8 Å². The van der Waals surface area contributed by atoms with Gasteiger partial charge in [-0.1, -0.05) is 12.1 Å². The van der Waals surface area contributed by atoms with Gasteiger partial charge < -0.3 is 10.5 Å². The van der Waals surface area contributed by atoms with Crippen molar-refractivity contribution in [1.29, 1.82) is 0 Å². The Morgan fingerprint density at radius 1 is 1.04 bits per heavy atom. The van der Waals surface area contributed by atoms with Crippen LogP contribution < -0.4 is 10.5 Å². The second-order valence-electron chi connectivity index (χ2n) is 5.62. The molecule has 1 aliphatic carbocycles. The lowest BCUT2D eigenvalue weighted by atomic mass is 9.87. The number of nitrogens with two attached hydrogens (primary N) is 1.